The molecule has 1 aromatic rings. The summed E-state index contributed by atoms with van der Waals surface area (Å²) in [5.41, 5.74) is 0.245. The molecule has 0 spiro atoms. The highest BCUT2D eigenvalue weighted by Crippen LogP contribution is 2.24. The highest BCUT2D eigenvalue weighted by atomic mass is 35.5. The zero-order valence-electron chi connectivity index (χ0n) is 9.93. The third-order valence-electron chi connectivity index (χ3n) is 2.62. The van der Waals surface area contributed by atoms with Gasteiger partial charge in [-0.2, -0.15) is 0 Å². The first-order valence-corrected chi connectivity index (χ1v) is 5.88. The number of rotatable bonds is 6. The van der Waals surface area contributed by atoms with E-state index in [1.807, 2.05) is 0 Å². The summed E-state index contributed by atoms with van der Waals surface area (Å²) in [6.07, 6.45) is -1.73. The lowest BCUT2D eigenvalue weighted by Gasteiger charge is -2.18. The van der Waals surface area contributed by atoms with Crippen LogP contribution < -0.4 is 5.32 Å². The molecule has 100 valence electrons. The number of halogens is 1. The molecule has 2 unspecified atom stereocenters. The van der Waals surface area contributed by atoms with Crippen molar-refractivity contribution in [1.82, 2.24) is 5.32 Å². The molecule has 0 amide bonds. The fourth-order valence-electron chi connectivity index (χ4n) is 1.56. The summed E-state index contributed by atoms with van der Waals surface area (Å²) < 4.78 is 0. The quantitative estimate of drug-likeness (QED) is 0.622. The van der Waals surface area contributed by atoms with Gasteiger partial charge in [-0.1, -0.05) is 17.7 Å². The number of hydrogen-bond acceptors (Lipinski definition) is 4. The van der Waals surface area contributed by atoms with Gasteiger partial charge in [0.25, 0.3) is 0 Å². The molecule has 1 rings (SSSR count). The fraction of sp³-hybridized carbons (Fsp3) is 0.417. The first kappa shape index (κ1) is 14.9. The summed E-state index contributed by atoms with van der Waals surface area (Å²) in [4.78, 5) is 10.9. The molecular weight excluding hydrogens is 258 g/mol. The lowest BCUT2D eigenvalue weighted by atomic mass is 10.00. The van der Waals surface area contributed by atoms with Crippen LogP contribution in [-0.2, 0) is 0 Å². The molecule has 0 saturated carbocycles. The third-order valence-corrected chi connectivity index (χ3v) is 2.95. The molecule has 0 fully saturated rings. The van der Waals surface area contributed by atoms with Crippen LogP contribution >= 0.6 is 11.6 Å². The number of carboxylic acid groups (broad SMARTS) is 1. The van der Waals surface area contributed by atoms with Gasteiger partial charge in [0.1, 0.15) is 6.10 Å². The molecule has 0 aromatic heterocycles. The van der Waals surface area contributed by atoms with Crippen LogP contribution in [0.2, 0.25) is 5.02 Å². The average Bonchev–Trinajstić information content (AvgIpc) is 2.35. The number of benzene rings is 1. The Morgan fingerprint density at radius 1 is 1.44 bits per heavy atom. The van der Waals surface area contributed by atoms with Gasteiger partial charge in [0.05, 0.1) is 16.7 Å². The van der Waals surface area contributed by atoms with Crippen molar-refractivity contribution in [3.63, 3.8) is 0 Å². The predicted molar refractivity (Wildman–Crippen MR) is 67.9 cm³/mol. The maximum absolute atomic E-state index is 10.9. The van der Waals surface area contributed by atoms with E-state index in [4.69, 9.17) is 16.7 Å². The maximum Gasteiger partial charge on any atom is 0.337 e. The minimum absolute atomic E-state index is 0.0889. The number of aliphatic hydroxyl groups excluding tert-OH is 2. The van der Waals surface area contributed by atoms with Crippen molar-refractivity contribution in [3.05, 3.63) is 34.3 Å². The number of nitrogens with one attached hydrogen (secondary N) is 1. The summed E-state index contributed by atoms with van der Waals surface area (Å²) in [5.74, 6) is -1.17. The van der Waals surface area contributed by atoms with Crippen molar-refractivity contribution in [2.24, 2.45) is 0 Å². The number of carboxylic acids is 1. The normalized spacial score (nSPS) is 14.2. The molecule has 0 saturated heterocycles. The second kappa shape index (κ2) is 6.70. The van der Waals surface area contributed by atoms with Crippen molar-refractivity contribution in [2.75, 3.05) is 13.6 Å². The summed E-state index contributed by atoms with van der Waals surface area (Å²) in [5, 5.41) is 31.5. The highest BCUT2D eigenvalue weighted by Gasteiger charge is 2.20. The van der Waals surface area contributed by atoms with Crippen molar-refractivity contribution in [2.45, 2.75) is 18.6 Å². The molecule has 1 aromatic carbocycles. The van der Waals surface area contributed by atoms with E-state index in [0.717, 1.165) is 0 Å². The minimum atomic E-state index is -1.17. The lowest BCUT2D eigenvalue weighted by Crippen LogP contribution is -2.23. The van der Waals surface area contributed by atoms with Crippen LogP contribution in [0.3, 0.4) is 0 Å². The Morgan fingerprint density at radius 2 is 2.11 bits per heavy atom. The fourth-order valence-corrected chi connectivity index (χ4v) is 1.76. The van der Waals surface area contributed by atoms with Gasteiger partial charge in [-0.05, 0) is 37.7 Å². The molecule has 4 N–H and O–H groups in total. The largest absolute Gasteiger partial charge is 0.478 e. The van der Waals surface area contributed by atoms with E-state index >= 15 is 0 Å². The second-order valence-electron chi connectivity index (χ2n) is 3.95. The molecule has 0 aliphatic carbocycles. The standard InChI is InChI=1S/C12H16ClNO4/c1-14-5-4-10(15)11(16)7-2-3-9(13)8(6-7)12(17)18/h2-3,6,10-11,14-16H,4-5H2,1H3,(H,17,18). The van der Waals surface area contributed by atoms with E-state index in [-0.39, 0.29) is 10.6 Å². The van der Waals surface area contributed by atoms with Crippen molar-refractivity contribution in [3.8, 4) is 0 Å². The van der Waals surface area contributed by atoms with E-state index in [1.165, 1.54) is 18.2 Å². The van der Waals surface area contributed by atoms with Gasteiger partial charge in [0, 0.05) is 0 Å². The molecule has 18 heavy (non-hydrogen) atoms. The summed E-state index contributed by atoms with van der Waals surface area (Å²) in [6.45, 7) is 0.553. The zero-order chi connectivity index (χ0) is 13.7. The average molecular weight is 274 g/mol. The summed E-state index contributed by atoms with van der Waals surface area (Å²) in [6, 6.07) is 4.17. The third kappa shape index (κ3) is 3.68. The highest BCUT2D eigenvalue weighted by molar-refractivity contribution is 6.33. The Bertz CT molecular complexity index is 425. The number of aromatic carboxylic acids is 1. The van der Waals surface area contributed by atoms with Crippen LogP contribution in [0.5, 0.6) is 0 Å². The Labute approximate surface area is 110 Å². The van der Waals surface area contributed by atoms with Crippen LogP contribution in [0.25, 0.3) is 0 Å². The molecule has 0 heterocycles. The van der Waals surface area contributed by atoms with E-state index in [0.29, 0.717) is 18.5 Å². The molecule has 0 aliphatic heterocycles. The van der Waals surface area contributed by atoms with Crippen LogP contribution in [0, 0.1) is 0 Å². The summed E-state index contributed by atoms with van der Waals surface area (Å²) in [7, 11) is 1.74. The van der Waals surface area contributed by atoms with Gasteiger partial charge in [0.2, 0.25) is 0 Å². The lowest BCUT2D eigenvalue weighted by molar-refractivity contribution is 0.0139. The minimum Gasteiger partial charge on any atom is -0.478 e. The first-order valence-electron chi connectivity index (χ1n) is 5.50. The van der Waals surface area contributed by atoms with Crippen molar-refractivity contribution < 1.29 is 20.1 Å². The molecule has 0 radical (unpaired) electrons. The number of carbonyl (C=O) groups is 1. The van der Waals surface area contributed by atoms with Crippen LogP contribution in [0.15, 0.2) is 18.2 Å². The van der Waals surface area contributed by atoms with Gasteiger partial charge < -0.3 is 20.6 Å². The van der Waals surface area contributed by atoms with Crippen molar-refractivity contribution in [1.29, 1.82) is 0 Å². The first-order chi connectivity index (χ1) is 8.47. The van der Waals surface area contributed by atoms with Gasteiger partial charge in [-0.25, -0.2) is 4.79 Å². The molecule has 0 bridgehead atoms. The van der Waals surface area contributed by atoms with Gasteiger partial charge in [-0.3, -0.25) is 0 Å². The number of aliphatic hydroxyl groups is 2. The second-order valence-corrected chi connectivity index (χ2v) is 4.36. The van der Waals surface area contributed by atoms with Crippen LogP contribution in [0.1, 0.15) is 28.4 Å². The van der Waals surface area contributed by atoms with Gasteiger partial charge in [0.15, 0.2) is 0 Å². The molecular formula is C12H16ClNO4. The van der Waals surface area contributed by atoms with Gasteiger partial charge >= 0.3 is 5.97 Å². The number of hydrogen-bond donors (Lipinski definition) is 4. The van der Waals surface area contributed by atoms with E-state index in [1.54, 1.807) is 7.05 Å². The topological polar surface area (TPSA) is 89.8 Å². The van der Waals surface area contributed by atoms with E-state index in [9.17, 15) is 15.0 Å². The monoisotopic (exact) mass is 273 g/mol. The zero-order valence-corrected chi connectivity index (χ0v) is 10.7. The van der Waals surface area contributed by atoms with Crippen LogP contribution in [0.4, 0.5) is 0 Å². The Balaban J connectivity index is 2.89. The molecule has 5 nitrogen and oxygen atoms in total. The SMILES string of the molecule is CNCCC(O)C(O)c1ccc(Cl)c(C(=O)O)c1. The van der Waals surface area contributed by atoms with E-state index < -0.39 is 18.2 Å². The Morgan fingerprint density at radius 3 is 2.67 bits per heavy atom. The van der Waals surface area contributed by atoms with Crippen LogP contribution in [-0.4, -0.2) is 41.0 Å². The molecule has 2 atom stereocenters. The van der Waals surface area contributed by atoms with Crippen molar-refractivity contribution >= 4 is 17.6 Å². The maximum atomic E-state index is 10.9. The van der Waals surface area contributed by atoms with E-state index in [2.05, 4.69) is 5.32 Å². The molecule has 6 heteroatoms. The van der Waals surface area contributed by atoms with Gasteiger partial charge in [-0.15, -0.1) is 0 Å². The Kier molecular flexibility index (Phi) is 5.55. The summed E-state index contributed by atoms with van der Waals surface area (Å²) >= 11 is 5.72. The predicted octanol–water partition coefficient (Wildman–Crippen LogP) is 1.04. The molecule has 0 aliphatic rings. The Hall–Kier alpha value is -1.14. The smallest absolute Gasteiger partial charge is 0.337 e.